The Morgan fingerprint density at radius 1 is 0.714 bits per heavy atom. The van der Waals surface area contributed by atoms with E-state index in [4.69, 9.17) is 9.47 Å². The Bertz CT molecular complexity index is 809. The molecule has 1 saturated carbocycles. The van der Waals surface area contributed by atoms with E-state index in [9.17, 15) is 30.6 Å². The molecule has 0 amide bonds. The van der Waals surface area contributed by atoms with Gasteiger partial charge in [-0.25, -0.2) is 4.39 Å². The van der Waals surface area contributed by atoms with Gasteiger partial charge in [-0.2, -0.15) is 0 Å². The number of aliphatic hydroxyl groups excluding tert-OH is 6. The molecule has 1 aliphatic carbocycles. The zero-order valence-corrected chi connectivity index (χ0v) is 31.0. The van der Waals surface area contributed by atoms with Crippen molar-refractivity contribution in [3.63, 3.8) is 0 Å². The van der Waals surface area contributed by atoms with Crippen LogP contribution in [-0.2, 0) is 9.47 Å². The zero-order valence-electron chi connectivity index (χ0n) is 31.0. The van der Waals surface area contributed by atoms with Gasteiger partial charge in [-0.1, -0.05) is 148 Å². The monoisotopic (exact) mass is 703 g/mol. The molecule has 1 heterocycles. The van der Waals surface area contributed by atoms with Crippen LogP contribution in [0.3, 0.4) is 0 Å². The van der Waals surface area contributed by atoms with Crippen LogP contribution in [0.4, 0.5) is 4.39 Å². The molecule has 6 N–H and O–H groups in total. The van der Waals surface area contributed by atoms with Gasteiger partial charge in [0, 0.05) is 5.92 Å². The first kappa shape index (κ1) is 44.5. The van der Waals surface area contributed by atoms with Crippen molar-refractivity contribution in [3.05, 3.63) is 11.9 Å². The van der Waals surface area contributed by atoms with E-state index in [1.807, 2.05) is 0 Å². The van der Waals surface area contributed by atoms with Crippen LogP contribution >= 0.6 is 0 Å². The van der Waals surface area contributed by atoms with Crippen molar-refractivity contribution in [2.24, 2.45) is 11.8 Å². The van der Waals surface area contributed by atoms with E-state index in [-0.39, 0.29) is 25.3 Å². The molecule has 0 radical (unpaired) electrons. The maximum Gasteiger partial charge on any atom is 0.186 e. The normalized spacial score (nSPS) is 25.1. The fourth-order valence-corrected chi connectivity index (χ4v) is 7.04. The number of rotatable bonds is 32. The second-order valence-electron chi connectivity index (χ2n) is 15.2. The van der Waals surface area contributed by atoms with Crippen LogP contribution in [0.5, 0.6) is 0 Å². The van der Waals surface area contributed by atoms with Gasteiger partial charge < -0.3 is 40.1 Å². The molecular formula is C40H75FO8. The molecule has 2 aliphatic rings. The minimum Gasteiger partial charge on any atom is -0.394 e. The van der Waals surface area contributed by atoms with E-state index >= 15 is 4.39 Å². The van der Waals surface area contributed by atoms with E-state index in [0.717, 1.165) is 44.4 Å². The molecule has 0 aromatic carbocycles. The summed E-state index contributed by atoms with van der Waals surface area (Å²) in [6, 6.07) is 0. The SMILES string of the molecule is CCCCCCCCCCCCCC[C@@H](O)[C@@H](O)[C@@H](/C=C(/F)CCCCCCCCCCC1CC1)CCOC1OC(CO)C(O)C(O)C1O. The highest BCUT2D eigenvalue weighted by Crippen LogP contribution is 2.34. The lowest BCUT2D eigenvalue weighted by Gasteiger charge is -2.39. The lowest BCUT2D eigenvalue weighted by molar-refractivity contribution is -0.301. The molecule has 5 unspecified atom stereocenters. The molecule has 0 spiro atoms. The van der Waals surface area contributed by atoms with Crippen LogP contribution in [-0.4, -0.2) is 86.8 Å². The van der Waals surface area contributed by atoms with E-state index in [0.29, 0.717) is 6.42 Å². The molecule has 1 aliphatic heterocycles. The number of hydrogen-bond acceptors (Lipinski definition) is 8. The molecule has 8 nitrogen and oxygen atoms in total. The van der Waals surface area contributed by atoms with Crippen molar-refractivity contribution < 1.29 is 44.5 Å². The molecule has 0 bridgehead atoms. The van der Waals surface area contributed by atoms with Gasteiger partial charge in [0.2, 0.25) is 0 Å². The van der Waals surface area contributed by atoms with E-state index < -0.39 is 55.4 Å². The summed E-state index contributed by atoms with van der Waals surface area (Å²) in [4.78, 5) is 0. The van der Waals surface area contributed by atoms with Crippen molar-refractivity contribution in [1.29, 1.82) is 0 Å². The Hall–Kier alpha value is -0.650. The van der Waals surface area contributed by atoms with E-state index in [1.165, 1.54) is 115 Å². The number of halogens is 1. The van der Waals surface area contributed by atoms with Crippen LogP contribution in [0.2, 0.25) is 0 Å². The molecule has 2 fully saturated rings. The Balaban J connectivity index is 1.74. The van der Waals surface area contributed by atoms with Gasteiger partial charge in [-0.05, 0) is 37.7 Å². The molecule has 8 atom stereocenters. The van der Waals surface area contributed by atoms with Crippen molar-refractivity contribution in [2.45, 2.75) is 217 Å². The highest BCUT2D eigenvalue weighted by atomic mass is 19.1. The maximum atomic E-state index is 15.1. The zero-order chi connectivity index (χ0) is 35.7. The molecule has 290 valence electrons. The van der Waals surface area contributed by atoms with Crippen molar-refractivity contribution in [1.82, 2.24) is 0 Å². The number of aliphatic hydroxyl groups is 6. The van der Waals surface area contributed by atoms with Crippen molar-refractivity contribution in [3.8, 4) is 0 Å². The standard InChI is InChI=1S/C40H75FO8/c1-2-3-4-5-6-7-8-9-10-15-18-21-24-34(43)36(44)32(27-28-48-40-39(47)38(46)37(45)35(30-42)49-40)29-33(41)23-20-17-14-12-11-13-16-19-22-31-25-26-31/h29,31-32,34-40,42-47H,2-28,30H2,1H3/b33-29+/t32-,34-,35?,36+,37?,38?,39?,40?/m1/s1. The topological polar surface area (TPSA) is 140 Å². The van der Waals surface area contributed by atoms with Crippen LogP contribution in [0.15, 0.2) is 11.9 Å². The van der Waals surface area contributed by atoms with Gasteiger partial charge in [0.15, 0.2) is 6.29 Å². The molecule has 2 rings (SSSR count). The largest absolute Gasteiger partial charge is 0.394 e. The molecule has 0 aromatic heterocycles. The Morgan fingerprint density at radius 2 is 1.24 bits per heavy atom. The van der Waals surface area contributed by atoms with Gasteiger partial charge in [0.1, 0.15) is 24.4 Å². The first-order valence-electron chi connectivity index (χ1n) is 20.4. The summed E-state index contributed by atoms with van der Waals surface area (Å²) in [6.45, 7) is 1.62. The molecule has 9 heteroatoms. The molecular weight excluding hydrogens is 627 g/mol. The third-order valence-corrected chi connectivity index (χ3v) is 10.6. The second-order valence-corrected chi connectivity index (χ2v) is 15.2. The first-order valence-corrected chi connectivity index (χ1v) is 20.4. The molecule has 1 saturated heterocycles. The Labute approximate surface area is 297 Å². The lowest BCUT2D eigenvalue weighted by Crippen LogP contribution is -2.59. The lowest BCUT2D eigenvalue weighted by atomic mass is 9.91. The highest BCUT2D eigenvalue weighted by molar-refractivity contribution is 5.00. The minimum atomic E-state index is -1.56. The summed E-state index contributed by atoms with van der Waals surface area (Å²) < 4.78 is 26.2. The number of hydrogen-bond donors (Lipinski definition) is 6. The number of unbranched alkanes of at least 4 members (excludes halogenated alkanes) is 18. The molecule has 0 aromatic rings. The fourth-order valence-electron chi connectivity index (χ4n) is 7.04. The average Bonchev–Trinajstić information content (AvgIpc) is 3.93. The molecule has 49 heavy (non-hydrogen) atoms. The summed E-state index contributed by atoms with van der Waals surface area (Å²) >= 11 is 0. The maximum absolute atomic E-state index is 15.1. The third-order valence-electron chi connectivity index (χ3n) is 10.6. The number of allylic oxidation sites excluding steroid dienone is 1. The summed E-state index contributed by atoms with van der Waals surface area (Å²) in [5, 5.41) is 61.8. The fraction of sp³-hybridized carbons (Fsp3) is 0.950. The third kappa shape index (κ3) is 20.2. The predicted molar refractivity (Wildman–Crippen MR) is 194 cm³/mol. The van der Waals surface area contributed by atoms with Crippen LogP contribution in [0.25, 0.3) is 0 Å². The summed E-state index contributed by atoms with van der Waals surface area (Å²) in [6.07, 6.45) is 21.0. The minimum absolute atomic E-state index is 0.0554. The van der Waals surface area contributed by atoms with Crippen molar-refractivity contribution >= 4 is 0 Å². The van der Waals surface area contributed by atoms with Crippen LogP contribution in [0, 0.1) is 11.8 Å². The van der Waals surface area contributed by atoms with E-state index in [1.54, 1.807) is 0 Å². The summed E-state index contributed by atoms with van der Waals surface area (Å²) in [5.74, 6) is -0.0107. The summed E-state index contributed by atoms with van der Waals surface area (Å²) in [5.41, 5.74) is 0. The van der Waals surface area contributed by atoms with Gasteiger partial charge >= 0.3 is 0 Å². The second kappa shape index (κ2) is 27.9. The van der Waals surface area contributed by atoms with Crippen LogP contribution in [0.1, 0.15) is 174 Å². The Morgan fingerprint density at radius 3 is 1.80 bits per heavy atom. The average molecular weight is 703 g/mol. The number of ether oxygens (including phenoxy) is 2. The smallest absolute Gasteiger partial charge is 0.186 e. The van der Waals surface area contributed by atoms with E-state index in [2.05, 4.69) is 6.92 Å². The summed E-state index contributed by atoms with van der Waals surface area (Å²) in [7, 11) is 0. The van der Waals surface area contributed by atoms with Gasteiger partial charge in [0.25, 0.3) is 0 Å². The Kier molecular flexibility index (Phi) is 25.4. The highest BCUT2D eigenvalue weighted by Gasteiger charge is 2.44. The van der Waals surface area contributed by atoms with Crippen LogP contribution < -0.4 is 0 Å². The predicted octanol–water partition coefficient (Wildman–Crippen LogP) is 7.79. The van der Waals surface area contributed by atoms with Crippen molar-refractivity contribution in [2.75, 3.05) is 13.2 Å². The van der Waals surface area contributed by atoms with Gasteiger partial charge in [-0.3, -0.25) is 0 Å². The quantitative estimate of drug-likeness (QED) is 0.0391. The van der Waals surface area contributed by atoms with Gasteiger partial charge in [-0.15, -0.1) is 0 Å². The van der Waals surface area contributed by atoms with Gasteiger partial charge in [0.05, 0.1) is 31.2 Å². The first-order chi connectivity index (χ1) is 23.8.